The number of aromatic amines is 1. The number of H-pyrrole nitrogens is 1. The van der Waals surface area contributed by atoms with Gasteiger partial charge < -0.3 is 9.55 Å². The van der Waals surface area contributed by atoms with E-state index in [1.165, 1.54) is 60.2 Å². The summed E-state index contributed by atoms with van der Waals surface area (Å²) in [6.45, 7) is 0. The van der Waals surface area contributed by atoms with Crippen LogP contribution in [-0.4, -0.2) is 9.55 Å². The van der Waals surface area contributed by atoms with E-state index in [0.717, 1.165) is 15.5 Å². The van der Waals surface area contributed by atoms with Gasteiger partial charge in [-0.3, -0.25) is 0 Å². The summed E-state index contributed by atoms with van der Waals surface area (Å²) < 4.78 is 3.48. The maximum Gasteiger partial charge on any atom is 0.0541 e. The fraction of sp³-hybridized carbons (Fsp3) is 0. The third-order valence-electron chi connectivity index (χ3n) is 7.58. The number of nitrogens with one attached hydrogen (secondary N) is 1. The SMILES string of the molecule is Brc1cccc2[nH]c3cc(-c4ccc5c(c4)c4ccccc4n5-c4ccccc4)c4ccccc4c3c12. The number of nitrogens with zero attached hydrogens (tertiary/aromatic N) is 1. The standard InChI is InChI=1S/C34H21BrN2/c35-28-14-8-15-29-34(28)33-25-13-5-4-11-23(25)26(20-30(33)36-29)21-17-18-32-27(19-21)24-12-6-7-16-31(24)37(32)22-9-2-1-3-10-22/h1-20,36H. The summed E-state index contributed by atoms with van der Waals surface area (Å²) in [4.78, 5) is 3.68. The molecule has 0 bridgehead atoms. The van der Waals surface area contributed by atoms with Gasteiger partial charge in [-0.15, -0.1) is 0 Å². The van der Waals surface area contributed by atoms with Crippen LogP contribution in [0.2, 0.25) is 0 Å². The fourth-order valence-corrected chi connectivity index (χ4v) is 6.57. The summed E-state index contributed by atoms with van der Waals surface area (Å²) in [7, 11) is 0. The van der Waals surface area contributed by atoms with Crippen LogP contribution >= 0.6 is 15.9 Å². The minimum absolute atomic E-state index is 1.12. The Bertz CT molecular complexity index is 2150. The van der Waals surface area contributed by atoms with E-state index in [4.69, 9.17) is 0 Å². The molecular weight excluding hydrogens is 516 g/mol. The van der Waals surface area contributed by atoms with Crippen LogP contribution in [0, 0.1) is 0 Å². The molecule has 0 saturated heterocycles. The average Bonchev–Trinajstić information content (AvgIpc) is 3.49. The second-order valence-corrected chi connectivity index (χ2v) is 10.5. The Labute approximate surface area is 221 Å². The predicted molar refractivity (Wildman–Crippen MR) is 161 cm³/mol. The zero-order valence-corrected chi connectivity index (χ0v) is 21.5. The van der Waals surface area contributed by atoms with Crippen LogP contribution in [0.5, 0.6) is 0 Å². The predicted octanol–water partition coefficient (Wildman–Crippen LogP) is 10.0. The van der Waals surface area contributed by atoms with Crippen molar-refractivity contribution in [3.05, 3.63) is 126 Å². The molecule has 0 aliphatic carbocycles. The van der Waals surface area contributed by atoms with Gasteiger partial charge in [-0.2, -0.15) is 0 Å². The molecule has 2 aromatic heterocycles. The van der Waals surface area contributed by atoms with Gasteiger partial charge in [0, 0.05) is 42.7 Å². The molecule has 174 valence electrons. The second kappa shape index (κ2) is 7.83. The van der Waals surface area contributed by atoms with E-state index >= 15 is 0 Å². The van der Waals surface area contributed by atoms with E-state index < -0.39 is 0 Å². The smallest absolute Gasteiger partial charge is 0.0541 e. The van der Waals surface area contributed by atoms with Crippen LogP contribution in [0.4, 0.5) is 0 Å². The minimum Gasteiger partial charge on any atom is -0.354 e. The Kier molecular flexibility index (Phi) is 4.40. The fourth-order valence-electron chi connectivity index (χ4n) is 6.01. The van der Waals surface area contributed by atoms with E-state index in [1.54, 1.807) is 0 Å². The molecule has 0 aliphatic rings. The molecule has 37 heavy (non-hydrogen) atoms. The van der Waals surface area contributed by atoms with Crippen molar-refractivity contribution in [1.82, 2.24) is 9.55 Å². The van der Waals surface area contributed by atoms with Gasteiger partial charge in [0.25, 0.3) is 0 Å². The number of aromatic nitrogens is 2. The van der Waals surface area contributed by atoms with Gasteiger partial charge in [0.1, 0.15) is 0 Å². The molecule has 0 unspecified atom stereocenters. The first kappa shape index (κ1) is 20.8. The number of benzene rings is 6. The van der Waals surface area contributed by atoms with Gasteiger partial charge in [0.2, 0.25) is 0 Å². The van der Waals surface area contributed by atoms with Crippen molar-refractivity contribution in [3.63, 3.8) is 0 Å². The Hall–Kier alpha value is -4.34. The molecule has 0 amide bonds. The molecule has 6 aromatic carbocycles. The third-order valence-corrected chi connectivity index (χ3v) is 8.24. The molecule has 0 spiro atoms. The van der Waals surface area contributed by atoms with Crippen LogP contribution < -0.4 is 0 Å². The average molecular weight is 537 g/mol. The first-order valence-corrected chi connectivity index (χ1v) is 13.3. The number of hydrogen-bond donors (Lipinski definition) is 1. The summed E-state index contributed by atoms with van der Waals surface area (Å²) in [6.07, 6.45) is 0. The van der Waals surface area contributed by atoms with Crippen LogP contribution in [-0.2, 0) is 0 Å². The molecule has 8 rings (SSSR count). The summed E-state index contributed by atoms with van der Waals surface area (Å²) in [6, 6.07) is 43.7. The monoisotopic (exact) mass is 536 g/mol. The van der Waals surface area contributed by atoms with Gasteiger partial charge in [-0.05, 0) is 70.4 Å². The van der Waals surface area contributed by atoms with Crippen molar-refractivity contribution in [3.8, 4) is 16.8 Å². The van der Waals surface area contributed by atoms with Crippen molar-refractivity contribution < 1.29 is 0 Å². The first-order chi connectivity index (χ1) is 18.3. The lowest BCUT2D eigenvalue weighted by molar-refractivity contribution is 1.18. The third kappa shape index (κ3) is 2.98. The molecule has 0 atom stereocenters. The molecule has 1 N–H and O–H groups in total. The number of rotatable bonds is 2. The number of para-hydroxylation sites is 2. The lowest BCUT2D eigenvalue weighted by atomic mass is 9.94. The normalized spacial score (nSPS) is 11.9. The van der Waals surface area contributed by atoms with E-state index in [9.17, 15) is 0 Å². The largest absolute Gasteiger partial charge is 0.354 e. The molecule has 0 aliphatic heterocycles. The van der Waals surface area contributed by atoms with E-state index in [0.29, 0.717) is 0 Å². The van der Waals surface area contributed by atoms with Crippen LogP contribution in [0.1, 0.15) is 0 Å². The Morgan fingerprint density at radius 2 is 1.24 bits per heavy atom. The summed E-state index contributed by atoms with van der Waals surface area (Å²) in [5.74, 6) is 0. The highest BCUT2D eigenvalue weighted by Crippen LogP contribution is 2.42. The first-order valence-electron chi connectivity index (χ1n) is 12.5. The Morgan fingerprint density at radius 1 is 0.514 bits per heavy atom. The van der Waals surface area contributed by atoms with E-state index in [-0.39, 0.29) is 0 Å². The topological polar surface area (TPSA) is 20.7 Å². The van der Waals surface area contributed by atoms with Gasteiger partial charge in [0.15, 0.2) is 0 Å². The summed E-state index contributed by atoms with van der Waals surface area (Å²) in [5, 5.41) is 7.56. The van der Waals surface area contributed by atoms with Crippen molar-refractivity contribution in [1.29, 1.82) is 0 Å². The van der Waals surface area contributed by atoms with Crippen LogP contribution in [0.25, 0.3) is 71.2 Å². The molecule has 2 nitrogen and oxygen atoms in total. The molecular formula is C34H21BrN2. The van der Waals surface area contributed by atoms with Crippen LogP contribution in [0.3, 0.4) is 0 Å². The molecule has 0 radical (unpaired) electrons. The molecule has 2 heterocycles. The number of fused-ring (bicyclic) bond motifs is 8. The molecule has 3 heteroatoms. The Balaban J connectivity index is 1.46. The molecule has 0 saturated carbocycles. The van der Waals surface area contributed by atoms with Gasteiger partial charge >= 0.3 is 0 Å². The lowest BCUT2D eigenvalue weighted by Crippen LogP contribution is -1.92. The van der Waals surface area contributed by atoms with Crippen molar-refractivity contribution in [2.75, 3.05) is 0 Å². The van der Waals surface area contributed by atoms with E-state index in [1.807, 2.05) is 0 Å². The Morgan fingerprint density at radius 3 is 2.11 bits per heavy atom. The van der Waals surface area contributed by atoms with Gasteiger partial charge in [0.05, 0.1) is 11.0 Å². The highest BCUT2D eigenvalue weighted by Gasteiger charge is 2.17. The maximum atomic E-state index is 3.80. The van der Waals surface area contributed by atoms with Gasteiger partial charge in [-0.1, -0.05) is 88.7 Å². The quantitative estimate of drug-likeness (QED) is 0.227. The van der Waals surface area contributed by atoms with Crippen molar-refractivity contribution >= 4 is 70.3 Å². The van der Waals surface area contributed by atoms with Crippen LogP contribution in [0.15, 0.2) is 126 Å². The maximum absolute atomic E-state index is 3.80. The lowest BCUT2D eigenvalue weighted by Gasteiger charge is -2.11. The highest BCUT2D eigenvalue weighted by atomic mass is 79.9. The molecule has 0 fully saturated rings. The van der Waals surface area contributed by atoms with Gasteiger partial charge in [-0.25, -0.2) is 0 Å². The zero-order valence-electron chi connectivity index (χ0n) is 19.9. The minimum atomic E-state index is 1.12. The number of hydrogen-bond acceptors (Lipinski definition) is 0. The zero-order chi connectivity index (χ0) is 24.5. The van der Waals surface area contributed by atoms with Crippen molar-refractivity contribution in [2.24, 2.45) is 0 Å². The highest BCUT2D eigenvalue weighted by molar-refractivity contribution is 9.10. The summed E-state index contributed by atoms with van der Waals surface area (Å²) in [5.41, 5.74) is 8.38. The summed E-state index contributed by atoms with van der Waals surface area (Å²) >= 11 is 3.80. The van der Waals surface area contributed by atoms with Crippen molar-refractivity contribution in [2.45, 2.75) is 0 Å². The molecule has 8 aromatic rings. The number of halogens is 1. The second-order valence-electron chi connectivity index (χ2n) is 9.60. The van der Waals surface area contributed by atoms with E-state index in [2.05, 4.69) is 147 Å².